The molecule has 0 spiro atoms. The molecule has 0 atom stereocenters. The van der Waals surface area contributed by atoms with Crippen LogP contribution in [-0.4, -0.2) is 12.6 Å². The summed E-state index contributed by atoms with van der Waals surface area (Å²) in [5, 5.41) is 0. The van der Waals surface area contributed by atoms with Gasteiger partial charge in [0.1, 0.15) is 0 Å². The SMILES string of the molecule is CCOC(=O)C(C)C.S. The molecule has 0 amide bonds. The second kappa shape index (κ2) is 5.95. The van der Waals surface area contributed by atoms with E-state index in [9.17, 15) is 4.79 Å². The van der Waals surface area contributed by atoms with Crippen LogP contribution in [0.2, 0.25) is 0 Å². The van der Waals surface area contributed by atoms with Gasteiger partial charge in [-0.2, -0.15) is 13.5 Å². The molecular weight excluding hydrogens is 136 g/mol. The second-order valence-electron chi connectivity index (χ2n) is 1.91. The van der Waals surface area contributed by atoms with Crippen LogP contribution < -0.4 is 0 Å². The van der Waals surface area contributed by atoms with Crippen molar-refractivity contribution in [1.82, 2.24) is 0 Å². The van der Waals surface area contributed by atoms with E-state index < -0.39 is 0 Å². The Kier molecular flexibility index (Phi) is 7.66. The molecule has 0 N–H and O–H groups in total. The molecule has 0 rings (SSSR count). The smallest absolute Gasteiger partial charge is 0.308 e. The van der Waals surface area contributed by atoms with Crippen LogP contribution in [0.4, 0.5) is 0 Å². The van der Waals surface area contributed by atoms with Gasteiger partial charge in [-0.15, -0.1) is 0 Å². The Bertz CT molecular complexity index is 81.1. The van der Waals surface area contributed by atoms with Crippen LogP contribution in [0, 0.1) is 5.92 Å². The number of carbonyl (C=O) groups is 1. The van der Waals surface area contributed by atoms with Crippen molar-refractivity contribution in [2.45, 2.75) is 20.8 Å². The van der Waals surface area contributed by atoms with Crippen molar-refractivity contribution in [2.75, 3.05) is 6.61 Å². The van der Waals surface area contributed by atoms with Crippen LogP contribution in [0.15, 0.2) is 0 Å². The Balaban J connectivity index is 0. The van der Waals surface area contributed by atoms with Gasteiger partial charge in [-0.1, -0.05) is 13.8 Å². The van der Waals surface area contributed by atoms with Crippen molar-refractivity contribution in [2.24, 2.45) is 5.92 Å². The zero-order valence-corrected chi connectivity index (χ0v) is 7.10. The molecule has 0 radical (unpaired) electrons. The highest BCUT2D eigenvalue weighted by molar-refractivity contribution is 7.59. The van der Waals surface area contributed by atoms with Crippen molar-refractivity contribution in [3.8, 4) is 0 Å². The Hall–Kier alpha value is -0.180. The summed E-state index contributed by atoms with van der Waals surface area (Å²) in [6.07, 6.45) is 0. The fourth-order valence-electron chi connectivity index (χ4n) is 0.309. The Morgan fingerprint density at radius 1 is 1.56 bits per heavy atom. The van der Waals surface area contributed by atoms with Gasteiger partial charge in [0.15, 0.2) is 0 Å². The van der Waals surface area contributed by atoms with Crippen molar-refractivity contribution < 1.29 is 9.53 Å². The van der Waals surface area contributed by atoms with Crippen molar-refractivity contribution in [3.63, 3.8) is 0 Å². The molecule has 0 bridgehead atoms. The lowest BCUT2D eigenvalue weighted by atomic mass is 10.2. The van der Waals surface area contributed by atoms with Gasteiger partial charge in [-0.25, -0.2) is 0 Å². The molecule has 0 saturated carbocycles. The number of hydrogen-bond donors (Lipinski definition) is 0. The molecule has 9 heavy (non-hydrogen) atoms. The van der Waals surface area contributed by atoms with Crippen molar-refractivity contribution in [3.05, 3.63) is 0 Å². The molecule has 0 aromatic rings. The fourth-order valence-corrected chi connectivity index (χ4v) is 0.309. The average Bonchev–Trinajstić information content (AvgIpc) is 1.67. The molecule has 0 unspecified atom stereocenters. The molecule has 3 heteroatoms. The van der Waals surface area contributed by atoms with Crippen molar-refractivity contribution in [1.29, 1.82) is 0 Å². The number of hydrogen-bond acceptors (Lipinski definition) is 2. The van der Waals surface area contributed by atoms with Crippen LogP contribution in [0.5, 0.6) is 0 Å². The van der Waals surface area contributed by atoms with E-state index in [4.69, 9.17) is 0 Å². The van der Waals surface area contributed by atoms with Crippen LogP contribution in [0.1, 0.15) is 20.8 Å². The minimum Gasteiger partial charge on any atom is -0.466 e. The van der Waals surface area contributed by atoms with E-state index in [1.165, 1.54) is 0 Å². The number of carbonyl (C=O) groups excluding carboxylic acids is 1. The maximum atomic E-state index is 10.5. The Morgan fingerprint density at radius 2 is 2.00 bits per heavy atom. The summed E-state index contributed by atoms with van der Waals surface area (Å²) in [6.45, 7) is 5.92. The molecule has 0 aliphatic rings. The lowest BCUT2D eigenvalue weighted by Crippen LogP contribution is -2.10. The molecular formula is C6H14O2S. The van der Waals surface area contributed by atoms with Gasteiger partial charge >= 0.3 is 5.97 Å². The van der Waals surface area contributed by atoms with E-state index in [1.807, 2.05) is 13.8 Å². The summed E-state index contributed by atoms with van der Waals surface area (Å²) in [6, 6.07) is 0. The van der Waals surface area contributed by atoms with Gasteiger partial charge in [0, 0.05) is 0 Å². The molecule has 56 valence electrons. The fraction of sp³-hybridized carbons (Fsp3) is 0.833. The first-order valence-electron chi connectivity index (χ1n) is 2.85. The zero-order chi connectivity index (χ0) is 6.57. The number of ether oxygens (including phenoxy) is 1. The van der Waals surface area contributed by atoms with Gasteiger partial charge in [0.2, 0.25) is 0 Å². The highest BCUT2D eigenvalue weighted by Gasteiger charge is 2.04. The van der Waals surface area contributed by atoms with Crippen LogP contribution in [0.25, 0.3) is 0 Å². The third kappa shape index (κ3) is 5.69. The largest absolute Gasteiger partial charge is 0.466 e. The molecule has 0 fully saturated rings. The predicted molar refractivity (Wildman–Crippen MR) is 41.9 cm³/mol. The van der Waals surface area contributed by atoms with Crippen LogP contribution in [0.3, 0.4) is 0 Å². The number of esters is 1. The lowest BCUT2D eigenvalue weighted by Gasteiger charge is -2.01. The summed E-state index contributed by atoms with van der Waals surface area (Å²) < 4.78 is 4.66. The van der Waals surface area contributed by atoms with E-state index >= 15 is 0 Å². The summed E-state index contributed by atoms with van der Waals surface area (Å²) in [5.74, 6) is -0.109. The summed E-state index contributed by atoms with van der Waals surface area (Å²) in [4.78, 5) is 10.5. The zero-order valence-electron chi connectivity index (χ0n) is 6.10. The predicted octanol–water partition coefficient (Wildman–Crippen LogP) is 1.32. The maximum Gasteiger partial charge on any atom is 0.308 e. The monoisotopic (exact) mass is 150 g/mol. The van der Waals surface area contributed by atoms with E-state index in [2.05, 4.69) is 4.74 Å². The maximum absolute atomic E-state index is 10.5. The van der Waals surface area contributed by atoms with E-state index in [0.717, 1.165) is 0 Å². The third-order valence-corrected chi connectivity index (χ3v) is 0.758. The Morgan fingerprint density at radius 3 is 2.11 bits per heavy atom. The standard InChI is InChI=1S/C6H12O2.H2S/c1-4-8-6(7)5(2)3;/h5H,4H2,1-3H3;1H2. The van der Waals surface area contributed by atoms with Gasteiger partial charge in [0.25, 0.3) is 0 Å². The first kappa shape index (κ1) is 11.6. The quantitative estimate of drug-likeness (QED) is 0.555. The minimum atomic E-state index is -0.118. The topological polar surface area (TPSA) is 26.3 Å². The Labute approximate surface area is 63.0 Å². The molecule has 0 aliphatic heterocycles. The lowest BCUT2D eigenvalue weighted by molar-refractivity contribution is -0.146. The minimum absolute atomic E-state index is 0. The first-order valence-corrected chi connectivity index (χ1v) is 2.85. The normalized spacial score (nSPS) is 8.44. The van der Waals surface area contributed by atoms with E-state index in [0.29, 0.717) is 6.61 Å². The summed E-state index contributed by atoms with van der Waals surface area (Å²) in [5.41, 5.74) is 0. The molecule has 0 aliphatic carbocycles. The molecule has 0 saturated heterocycles. The molecule has 2 nitrogen and oxygen atoms in total. The summed E-state index contributed by atoms with van der Waals surface area (Å²) >= 11 is 0. The van der Waals surface area contributed by atoms with Gasteiger partial charge in [-0.05, 0) is 6.92 Å². The number of rotatable bonds is 2. The van der Waals surface area contributed by atoms with E-state index in [1.54, 1.807) is 6.92 Å². The highest BCUT2D eigenvalue weighted by Crippen LogP contribution is 1.93. The van der Waals surface area contributed by atoms with Crippen LogP contribution in [-0.2, 0) is 9.53 Å². The first-order chi connectivity index (χ1) is 3.68. The third-order valence-electron chi connectivity index (χ3n) is 0.758. The van der Waals surface area contributed by atoms with E-state index in [-0.39, 0.29) is 25.4 Å². The molecule has 0 aromatic heterocycles. The average molecular weight is 150 g/mol. The molecule has 0 aromatic carbocycles. The van der Waals surface area contributed by atoms with Crippen molar-refractivity contribution >= 4 is 19.5 Å². The second-order valence-corrected chi connectivity index (χ2v) is 1.91. The van der Waals surface area contributed by atoms with Crippen LogP contribution >= 0.6 is 13.5 Å². The van der Waals surface area contributed by atoms with Gasteiger partial charge in [-0.3, -0.25) is 4.79 Å². The molecule has 0 heterocycles. The van der Waals surface area contributed by atoms with Gasteiger partial charge < -0.3 is 4.74 Å². The van der Waals surface area contributed by atoms with Gasteiger partial charge in [0.05, 0.1) is 12.5 Å². The highest BCUT2D eigenvalue weighted by atomic mass is 32.1. The summed E-state index contributed by atoms with van der Waals surface area (Å²) in [7, 11) is 0.